The second-order valence-corrected chi connectivity index (χ2v) is 6.56. The Kier molecular flexibility index (Phi) is 4.85. The monoisotopic (exact) mass is 331 g/mol. The molecule has 3 heterocycles. The van der Waals surface area contributed by atoms with Crippen molar-refractivity contribution in [2.75, 3.05) is 11.9 Å². The van der Waals surface area contributed by atoms with Crippen molar-refractivity contribution >= 4 is 28.2 Å². The summed E-state index contributed by atoms with van der Waals surface area (Å²) in [4.78, 5) is 27.6. The van der Waals surface area contributed by atoms with Gasteiger partial charge in [-0.3, -0.25) is 4.79 Å². The number of carbonyl (C=O) groups excluding carboxylic acids is 1. The van der Waals surface area contributed by atoms with Crippen LogP contribution in [0.25, 0.3) is 0 Å². The summed E-state index contributed by atoms with van der Waals surface area (Å²) >= 11 is 1.53. The summed E-state index contributed by atoms with van der Waals surface area (Å²) in [6.45, 7) is 4.65. The Labute approximate surface area is 140 Å². The summed E-state index contributed by atoms with van der Waals surface area (Å²) in [7, 11) is 0. The third-order valence-corrected chi connectivity index (χ3v) is 4.65. The third-order valence-electron chi connectivity index (χ3n) is 3.96. The molecule has 7 heteroatoms. The Bertz CT molecular complexity index is 673. The van der Waals surface area contributed by atoms with Crippen molar-refractivity contribution in [3.63, 3.8) is 0 Å². The van der Waals surface area contributed by atoms with Crippen LogP contribution in [-0.2, 0) is 4.79 Å². The Balaban J connectivity index is 1.88. The summed E-state index contributed by atoms with van der Waals surface area (Å²) in [6, 6.07) is 1.88. The van der Waals surface area contributed by atoms with E-state index in [1.54, 1.807) is 6.20 Å². The van der Waals surface area contributed by atoms with E-state index < -0.39 is 0 Å². The lowest BCUT2D eigenvalue weighted by Gasteiger charge is -2.34. The van der Waals surface area contributed by atoms with Gasteiger partial charge in [-0.05, 0) is 26.2 Å². The van der Waals surface area contributed by atoms with Gasteiger partial charge in [-0.1, -0.05) is 6.92 Å². The van der Waals surface area contributed by atoms with E-state index in [4.69, 9.17) is 0 Å². The second-order valence-electron chi connectivity index (χ2n) is 5.67. The molecule has 1 aliphatic rings. The summed E-state index contributed by atoms with van der Waals surface area (Å²) in [6.07, 6.45) is 5.35. The van der Waals surface area contributed by atoms with Crippen molar-refractivity contribution in [3.8, 4) is 0 Å². The van der Waals surface area contributed by atoms with Crippen LogP contribution in [-0.4, -0.2) is 32.3 Å². The first-order valence-electron chi connectivity index (χ1n) is 7.99. The highest BCUT2D eigenvalue weighted by molar-refractivity contribution is 7.13. The number of nitrogens with zero attached hydrogens (tertiary/aromatic N) is 4. The first kappa shape index (κ1) is 15.9. The van der Waals surface area contributed by atoms with Gasteiger partial charge in [-0.2, -0.15) is 0 Å². The Morgan fingerprint density at radius 3 is 3.04 bits per heavy atom. The number of aromatic nitrogens is 3. The third kappa shape index (κ3) is 3.67. The fourth-order valence-corrected chi connectivity index (χ4v) is 3.44. The molecule has 0 aromatic carbocycles. The van der Waals surface area contributed by atoms with Gasteiger partial charge in [0.2, 0.25) is 5.91 Å². The lowest BCUT2D eigenvalue weighted by atomic mass is 10.0. The van der Waals surface area contributed by atoms with Gasteiger partial charge >= 0.3 is 0 Å². The van der Waals surface area contributed by atoms with Crippen LogP contribution < -0.4 is 5.32 Å². The smallest absolute Gasteiger partial charge is 0.222 e. The van der Waals surface area contributed by atoms with Gasteiger partial charge in [0.25, 0.3) is 0 Å². The highest BCUT2D eigenvalue weighted by atomic mass is 32.1. The molecule has 2 aromatic rings. The number of hydrogen-bond acceptors (Lipinski definition) is 6. The Morgan fingerprint density at radius 2 is 2.30 bits per heavy atom. The number of hydrogen-bond donors (Lipinski definition) is 1. The van der Waals surface area contributed by atoms with E-state index >= 15 is 0 Å². The molecule has 0 saturated carbocycles. The molecule has 0 radical (unpaired) electrons. The summed E-state index contributed by atoms with van der Waals surface area (Å²) in [5.41, 5.74) is 0.892. The van der Waals surface area contributed by atoms with Gasteiger partial charge in [-0.25, -0.2) is 15.0 Å². The topological polar surface area (TPSA) is 71.0 Å². The molecule has 2 aromatic heterocycles. The molecule has 0 bridgehead atoms. The highest BCUT2D eigenvalue weighted by Crippen LogP contribution is 2.30. The van der Waals surface area contributed by atoms with Crippen molar-refractivity contribution in [1.82, 2.24) is 19.9 Å². The predicted molar refractivity (Wildman–Crippen MR) is 90.8 cm³/mol. The molecular formula is C16H21N5OS. The van der Waals surface area contributed by atoms with Crippen LogP contribution in [0.5, 0.6) is 0 Å². The number of rotatable bonds is 4. The van der Waals surface area contributed by atoms with E-state index in [2.05, 4.69) is 20.3 Å². The maximum atomic E-state index is 12.2. The number of nitrogens with one attached hydrogen (secondary N) is 1. The van der Waals surface area contributed by atoms with Crippen molar-refractivity contribution in [3.05, 3.63) is 29.2 Å². The second kappa shape index (κ2) is 7.04. The van der Waals surface area contributed by atoms with Crippen LogP contribution in [0.2, 0.25) is 0 Å². The molecule has 1 saturated heterocycles. The largest absolute Gasteiger partial charge is 0.332 e. The Morgan fingerprint density at radius 1 is 1.43 bits per heavy atom. The fraction of sp³-hybridized carbons (Fsp3) is 0.500. The maximum absolute atomic E-state index is 12.2. The summed E-state index contributed by atoms with van der Waals surface area (Å²) < 4.78 is 0. The van der Waals surface area contributed by atoms with E-state index in [1.807, 2.05) is 30.2 Å². The molecule has 1 fully saturated rings. The molecule has 6 nitrogen and oxygen atoms in total. The zero-order chi connectivity index (χ0) is 16.2. The predicted octanol–water partition coefficient (Wildman–Crippen LogP) is 3.45. The van der Waals surface area contributed by atoms with Gasteiger partial charge in [0.1, 0.15) is 5.82 Å². The van der Waals surface area contributed by atoms with Crippen LogP contribution >= 0.6 is 11.3 Å². The number of carbonyl (C=O) groups is 1. The lowest BCUT2D eigenvalue weighted by Crippen LogP contribution is -2.39. The van der Waals surface area contributed by atoms with Gasteiger partial charge in [0.15, 0.2) is 11.0 Å². The van der Waals surface area contributed by atoms with E-state index in [9.17, 15) is 4.79 Å². The number of likely N-dealkylation sites (tertiary alicyclic amines) is 1. The first-order chi connectivity index (χ1) is 11.2. The van der Waals surface area contributed by atoms with Gasteiger partial charge < -0.3 is 10.2 Å². The van der Waals surface area contributed by atoms with Gasteiger partial charge in [-0.15, -0.1) is 11.3 Å². The summed E-state index contributed by atoms with van der Waals surface area (Å²) in [5, 5.41) is 5.94. The molecule has 3 rings (SSSR count). The van der Waals surface area contributed by atoms with Crippen molar-refractivity contribution in [2.24, 2.45) is 0 Å². The van der Waals surface area contributed by atoms with Crippen molar-refractivity contribution in [2.45, 2.75) is 45.6 Å². The van der Waals surface area contributed by atoms with Crippen molar-refractivity contribution < 1.29 is 4.79 Å². The maximum Gasteiger partial charge on any atom is 0.222 e. The average molecular weight is 331 g/mol. The molecule has 23 heavy (non-hydrogen) atoms. The minimum absolute atomic E-state index is 0.0204. The first-order valence-corrected chi connectivity index (χ1v) is 8.87. The fourth-order valence-electron chi connectivity index (χ4n) is 2.90. The van der Waals surface area contributed by atoms with Crippen LogP contribution in [0.3, 0.4) is 0 Å². The Hall–Kier alpha value is -2.02. The van der Waals surface area contributed by atoms with Crippen LogP contribution in [0, 0.1) is 6.92 Å². The number of aryl methyl sites for hydroxylation is 1. The standard InChI is InChI=1S/C16H21N5OS/c1-3-14(22)21-8-5-4-6-12(21)15-18-11(2)10-13(19-15)20-16-17-7-9-23-16/h7,9-10,12H,3-6,8H2,1-2H3,(H,17,18,19,20)/t12-/m0/s1. The average Bonchev–Trinajstić information content (AvgIpc) is 3.06. The molecule has 1 amide bonds. The van der Waals surface area contributed by atoms with Gasteiger partial charge in [0.05, 0.1) is 6.04 Å². The molecule has 0 unspecified atom stereocenters. The van der Waals surface area contributed by atoms with Crippen LogP contribution in [0.1, 0.15) is 50.2 Å². The minimum Gasteiger partial charge on any atom is -0.332 e. The van der Waals surface area contributed by atoms with E-state index in [0.29, 0.717) is 6.42 Å². The summed E-state index contributed by atoms with van der Waals surface area (Å²) in [5.74, 6) is 1.64. The highest BCUT2D eigenvalue weighted by Gasteiger charge is 2.29. The number of piperidine rings is 1. The zero-order valence-corrected chi connectivity index (χ0v) is 14.3. The molecule has 1 N–H and O–H groups in total. The SMILES string of the molecule is CCC(=O)N1CCCC[C@H]1c1nc(C)cc(Nc2nccs2)n1. The lowest BCUT2D eigenvalue weighted by molar-refractivity contribution is -0.134. The zero-order valence-electron chi connectivity index (χ0n) is 13.5. The molecule has 0 aliphatic carbocycles. The number of thiazole rings is 1. The van der Waals surface area contributed by atoms with E-state index in [-0.39, 0.29) is 11.9 Å². The quantitative estimate of drug-likeness (QED) is 0.929. The van der Waals surface area contributed by atoms with E-state index in [0.717, 1.165) is 48.3 Å². The minimum atomic E-state index is -0.0204. The molecular weight excluding hydrogens is 310 g/mol. The normalized spacial score (nSPS) is 18.0. The molecule has 1 aliphatic heterocycles. The molecule has 0 spiro atoms. The van der Waals surface area contributed by atoms with Crippen LogP contribution in [0.4, 0.5) is 10.9 Å². The van der Waals surface area contributed by atoms with Crippen LogP contribution in [0.15, 0.2) is 17.6 Å². The van der Waals surface area contributed by atoms with E-state index in [1.165, 1.54) is 11.3 Å². The molecule has 1 atom stereocenters. The van der Waals surface area contributed by atoms with Crippen molar-refractivity contribution in [1.29, 1.82) is 0 Å². The number of amides is 1. The molecule has 122 valence electrons. The number of anilines is 2. The van der Waals surface area contributed by atoms with Gasteiger partial charge in [0, 0.05) is 36.3 Å².